The third-order valence-electron chi connectivity index (χ3n) is 3.11. The maximum absolute atomic E-state index is 11.3. The number of hydrogen-bond acceptors (Lipinski definition) is 4. The van der Waals surface area contributed by atoms with Crippen molar-refractivity contribution < 1.29 is 14.0 Å². The highest BCUT2D eigenvalue weighted by atomic mass is 16.4. The summed E-state index contributed by atoms with van der Waals surface area (Å²) in [7, 11) is 0. The molecule has 1 aliphatic rings. The topological polar surface area (TPSA) is 76.5 Å². The molecule has 1 fully saturated rings. The summed E-state index contributed by atoms with van der Waals surface area (Å²) in [5.41, 5.74) is 4.85. The van der Waals surface area contributed by atoms with Gasteiger partial charge in [0.2, 0.25) is 5.91 Å². The van der Waals surface area contributed by atoms with Crippen molar-refractivity contribution in [1.29, 1.82) is 0 Å². The largest absolute Gasteiger partial charge is 0.438 e. The first kappa shape index (κ1) is 10.7. The first-order valence-corrected chi connectivity index (χ1v) is 5.15. The van der Waals surface area contributed by atoms with Crippen molar-refractivity contribution in [2.75, 3.05) is 18.0 Å². The van der Waals surface area contributed by atoms with Crippen LogP contribution in [-0.2, 0) is 4.79 Å². The lowest BCUT2D eigenvalue weighted by atomic mass is 9.89. The van der Waals surface area contributed by atoms with Crippen molar-refractivity contribution in [2.24, 2.45) is 11.1 Å². The lowest BCUT2D eigenvalue weighted by Gasteiger charge is -2.20. The van der Waals surface area contributed by atoms with E-state index in [1.165, 1.54) is 0 Å². The van der Waals surface area contributed by atoms with Crippen LogP contribution in [-0.4, -0.2) is 25.3 Å². The van der Waals surface area contributed by atoms with Crippen LogP contribution < -0.4 is 10.6 Å². The van der Waals surface area contributed by atoms with Gasteiger partial charge in [0.25, 0.3) is 0 Å². The van der Waals surface area contributed by atoms with Crippen molar-refractivity contribution in [3.63, 3.8) is 0 Å². The van der Waals surface area contributed by atoms with Crippen LogP contribution in [0, 0.1) is 5.41 Å². The Bertz CT molecular complexity index is 427. The molecule has 2 N–H and O–H groups in total. The van der Waals surface area contributed by atoms with E-state index in [9.17, 15) is 9.59 Å². The number of primary amides is 1. The highest BCUT2D eigenvalue weighted by Crippen LogP contribution is 2.33. The second-order valence-electron chi connectivity index (χ2n) is 4.39. The zero-order valence-corrected chi connectivity index (χ0v) is 9.10. The summed E-state index contributed by atoms with van der Waals surface area (Å²) in [6, 6.07) is 3.35. The zero-order chi connectivity index (χ0) is 11.8. The van der Waals surface area contributed by atoms with E-state index in [0.29, 0.717) is 37.4 Å². The van der Waals surface area contributed by atoms with Gasteiger partial charge in [-0.1, -0.05) is 0 Å². The minimum Gasteiger partial charge on any atom is -0.438 e. The number of hydrogen-bond donors (Lipinski definition) is 1. The minimum atomic E-state index is -0.506. The van der Waals surface area contributed by atoms with Crippen molar-refractivity contribution in [2.45, 2.75) is 13.3 Å². The molecule has 0 radical (unpaired) electrons. The summed E-state index contributed by atoms with van der Waals surface area (Å²) in [5, 5.41) is 0. The van der Waals surface area contributed by atoms with Crippen LogP contribution in [0.15, 0.2) is 16.5 Å². The number of carbonyl (C=O) groups is 2. The number of rotatable bonds is 3. The van der Waals surface area contributed by atoms with Gasteiger partial charge in [-0.2, -0.15) is 0 Å². The second kappa shape index (κ2) is 3.66. The Morgan fingerprint density at radius 1 is 1.62 bits per heavy atom. The Balaban J connectivity index is 2.14. The van der Waals surface area contributed by atoms with Gasteiger partial charge in [-0.3, -0.25) is 9.59 Å². The number of aldehydes is 1. The van der Waals surface area contributed by atoms with Crippen LogP contribution in [0.5, 0.6) is 0 Å². The summed E-state index contributed by atoms with van der Waals surface area (Å²) < 4.78 is 5.30. The molecule has 2 heterocycles. The van der Waals surface area contributed by atoms with Gasteiger partial charge in [-0.05, 0) is 19.4 Å². The molecule has 0 bridgehead atoms. The lowest BCUT2D eigenvalue weighted by Crippen LogP contribution is -2.37. The van der Waals surface area contributed by atoms with Crippen LogP contribution in [0.3, 0.4) is 0 Å². The molecule has 0 saturated carbocycles. The maximum Gasteiger partial charge on any atom is 0.225 e. The highest BCUT2D eigenvalue weighted by Gasteiger charge is 2.39. The average molecular weight is 222 g/mol. The van der Waals surface area contributed by atoms with Crippen LogP contribution in [0.1, 0.15) is 23.9 Å². The van der Waals surface area contributed by atoms with Gasteiger partial charge < -0.3 is 15.1 Å². The molecular weight excluding hydrogens is 208 g/mol. The van der Waals surface area contributed by atoms with Gasteiger partial charge in [0.05, 0.1) is 5.41 Å². The predicted molar refractivity (Wildman–Crippen MR) is 58.2 cm³/mol. The number of nitrogens with two attached hydrogens (primary N) is 1. The molecule has 86 valence electrons. The molecule has 0 aliphatic carbocycles. The first-order chi connectivity index (χ1) is 7.55. The summed E-state index contributed by atoms with van der Waals surface area (Å²) in [6.45, 7) is 3.10. The second-order valence-corrected chi connectivity index (χ2v) is 4.39. The molecule has 16 heavy (non-hydrogen) atoms. The molecule has 1 amide bonds. The van der Waals surface area contributed by atoms with Gasteiger partial charge in [0.15, 0.2) is 17.9 Å². The summed E-state index contributed by atoms with van der Waals surface area (Å²) in [5.74, 6) is 0.618. The number of nitrogens with zero attached hydrogens (tertiary/aromatic N) is 1. The third kappa shape index (κ3) is 1.68. The predicted octanol–water partition coefficient (Wildman–Crippen LogP) is 0.794. The molecule has 0 aromatic carbocycles. The van der Waals surface area contributed by atoms with Crippen molar-refractivity contribution >= 4 is 18.1 Å². The number of furan rings is 1. The summed E-state index contributed by atoms with van der Waals surface area (Å²) >= 11 is 0. The highest BCUT2D eigenvalue weighted by molar-refractivity contribution is 5.82. The molecule has 2 rings (SSSR count). The number of anilines is 1. The molecule has 5 heteroatoms. The van der Waals surface area contributed by atoms with Gasteiger partial charge in [0, 0.05) is 19.2 Å². The molecule has 1 aromatic rings. The maximum atomic E-state index is 11.3. The molecule has 1 atom stereocenters. The quantitative estimate of drug-likeness (QED) is 0.767. The number of carbonyl (C=O) groups excluding carboxylic acids is 2. The summed E-state index contributed by atoms with van der Waals surface area (Å²) in [4.78, 5) is 23.7. The standard InChI is InChI=1S/C11H14N2O3/c1-11(10(12)15)4-5-13(7-11)9-3-2-8(6-14)16-9/h2-3,6H,4-5,7H2,1H3,(H2,12,15). The Morgan fingerprint density at radius 3 is 2.88 bits per heavy atom. The molecule has 5 nitrogen and oxygen atoms in total. The molecule has 1 saturated heterocycles. The van der Waals surface area contributed by atoms with E-state index in [2.05, 4.69) is 0 Å². The van der Waals surface area contributed by atoms with Gasteiger partial charge >= 0.3 is 0 Å². The smallest absolute Gasteiger partial charge is 0.225 e. The summed E-state index contributed by atoms with van der Waals surface area (Å²) in [6.07, 6.45) is 1.37. The average Bonchev–Trinajstić information content (AvgIpc) is 2.84. The van der Waals surface area contributed by atoms with Gasteiger partial charge in [-0.25, -0.2) is 0 Å². The fourth-order valence-corrected chi connectivity index (χ4v) is 1.93. The molecule has 1 aliphatic heterocycles. The van der Waals surface area contributed by atoms with E-state index >= 15 is 0 Å². The van der Waals surface area contributed by atoms with Gasteiger partial charge in [-0.15, -0.1) is 0 Å². The van der Waals surface area contributed by atoms with E-state index in [-0.39, 0.29) is 5.91 Å². The Hall–Kier alpha value is -1.78. The van der Waals surface area contributed by atoms with Crippen molar-refractivity contribution in [3.05, 3.63) is 17.9 Å². The lowest BCUT2D eigenvalue weighted by molar-refractivity contribution is -0.125. The van der Waals surface area contributed by atoms with Crippen molar-refractivity contribution in [3.8, 4) is 0 Å². The fraction of sp³-hybridized carbons (Fsp3) is 0.455. The Labute approximate surface area is 93.2 Å². The molecular formula is C11H14N2O3. The van der Waals surface area contributed by atoms with Gasteiger partial charge in [0.1, 0.15) is 0 Å². The van der Waals surface area contributed by atoms with E-state index in [0.717, 1.165) is 0 Å². The van der Waals surface area contributed by atoms with Crippen LogP contribution >= 0.6 is 0 Å². The Morgan fingerprint density at radius 2 is 2.38 bits per heavy atom. The van der Waals surface area contributed by atoms with Crippen molar-refractivity contribution in [1.82, 2.24) is 0 Å². The molecule has 1 aromatic heterocycles. The first-order valence-electron chi connectivity index (χ1n) is 5.15. The Kier molecular flexibility index (Phi) is 2.46. The number of amides is 1. The zero-order valence-electron chi connectivity index (χ0n) is 9.10. The molecule has 0 spiro atoms. The SMILES string of the molecule is CC1(C(N)=O)CCN(c2ccc(C=O)o2)C1. The minimum absolute atomic E-state index is 0.294. The van der Waals surface area contributed by atoms with E-state index in [1.807, 2.05) is 11.8 Å². The van der Waals surface area contributed by atoms with Crippen LogP contribution in [0.4, 0.5) is 5.88 Å². The van der Waals surface area contributed by atoms with E-state index in [4.69, 9.17) is 10.2 Å². The molecule has 1 unspecified atom stereocenters. The third-order valence-corrected chi connectivity index (χ3v) is 3.11. The fourth-order valence-electron chi connectivity index (χ4n) is 1.93. The normalized spacial score (nSPS) is 24.7. The van der Waals surface area contributed by atoms with E-state index in [1.54, 1.807) is 12.1 Å². The van der Waals surface area contributed by atoms with Crippen LogP contribution in [0.25, 0.3) is 0 Å². The van der Waals surface area contributed by atoms with Crippen LogP contribution in [0.2, 0.25) is 0 Å². The van der Waals surface area contributed by atoms with E-state index < -0.39 is 5.41 Å². The monoisotopic (exact) mass is 222 g/mol.